The van der Waals surface area contributed by atoms with Gasteiger partial charge in [-0.3, -0.25) is 4.79 Å². The van der Waals surface area contributed by atoms with Gasteiger partial charge >= 0.3 is 0 Å². The fourth-order valence-electron chi connectivity index (χ4n) is 2.12. The predicted octanol–water partition coefficient (Wildman–Crippen LogP) is 1.17. The molecular weight excluding hydrogens is 228 g/mol. The Hall–Kier alpha value is -1.83. The molecule has 0 aliphatic carbocycles. The summed E-state index contributed by atoms with van der Waals surface area (Å²) in [5.74, 6) is 0.882. The number of aromatic nitrogens is 2. The molecule has 1 amide bonds. The second kappa shape index (κ2) is 4.45. The highest BCUT2D eigenvalue weighted by Gasteiger charge is 2.30. The van der Waals surface area contributed by atoms with Crippen LogP contribution in [0, 0.1) is 23.7 Å². The van der Waals surface area contributed by atoms with Gasteiger partial charge in [0.1, 0.15) is 11.2 Å². The number of amides is 1. The molecule has 1 atom stereocenters. The molecule has 5 heteroatoms. The van der Waals surface area contributed by atoms with E-state index >= 15 is 0 Å². The van der Waals surface area contributed by atoms with Crippen molar-refractivity contribution in [3.05, 3.63) is 17.7 Å². The Bertz CT molecular complexity index is 510. The lowest BCUT2D eigenvalue weighted by Gasteiger charge is -2.27. The summed E-state index contributed by atoms with van der Waals surface area (Å²) in [6, 6.07) is 2.11. The normalized spacial score (nSPS) is 18.9. The van der Waals surface area contributed by atoms with Crippen LogP contribution in [0.3, 0.4) is 0 Å². The third-order valence-electron chi connectivity index (χ3n) is 3.30. The van der Waals surface area contributed by atoms with Crippen molar-refractivity contribution in [3.63, 3.8) is 0 Å². The summed E-state index contributed by atoms with van der Waals surface area (Å²) in [7, 11) is 0. The van der Waals surface area contributed by atoms with Gasteiger partial charge in [0.25, 0.3) is 0 Å². The monoisotopic (exact) mass is 246 g/mol. The largest absolute Gasteiger partial charge is 0.350 e. The maximum absolute atomic E-state index is 11.9. The van der Waals surface area contributed by atoms with Crippen LogP contribution < -0.4 is 5.32 Å². The summed E-state index contributed by atoms with van der Waals surface area (Å²) in [5, 5.41) is 11.9. The highest BCUT2D eigenvalue weighted by Crippen LogP contribution is 2.18. The molecular formula is C13H18N4O. The number of nitriles is 1. The van der Waals surface area contributed by atoms with E-state index in [0.717, 1.165) is 30.9 Å². The zero-order valence-corrected chi connectivity index (χ0v) is 11.0. The number of nitrogens with one attached hydrogen (secondary N) is 1. The van der Waals surface area contributed by atoms with Crippen molar-refractivity contribution in [2.24, 2.45) is 5.41 Å². The molecule has 0 aromatic carbocycles. The number of hydrogen-bond donors (Lipinski definition) is 1. The Kier molecular flexibility index (Phi) is 3.12. The second-order valence-electron chi connectivity index (χ2n) is 5.40. The van der Waals surface area contributed by atoms with Crippen LogP contribution in [0.1, 0.15) is 31.8 Å². The first-order valence-corrected chi connectivity index (χ1v) is 6.17. The number of aryl methyl sites for hydroxylation is 2. The highest BCUT2D eigenvalue weighted by molar-refractivity contribution is 5.84. The lowest BCUT2D eigenvalue weighted by Crippen LogP contribution is -2.46. The van der Waals surface area contributed by atoms with E-state index in [0.29, 0.717) is 0 Å². The molecule has 0 spiro atoms. The van der Waals surface area contributed by atoms with Crippen molar-refractivity contribution in [3.8, 4) is 6.07 Å². The molecule has 0 fully saturated rings. The number of nitrogens with zero attached hydrogens (tertiary/aromatic N) is 3. The maximum Gasteiger partial charge on any atom is 0.240 e. The van der Waals surface area contributed by atoms with Gasteiger partial charge in [0.2, 0.25) is 5.91 Å². The van der Waals surface area contributed by atoms with Gasteiger partial charge in [-0.15, -0.1) is 0 Å². The van der Waals surface area contributed by atoms with Gasteiger partial charge in [0, 0.05) is 25.2 Å². The van der Waals surface area contributed by atoms with Crippen LogP contribution in [0.4, 0.5) is 0 Å². The van der Waals surface area contributed by atoms with E-state index in [2.05, 4.69) is 14.9 Å². The standard InChI is InChI=1S/C13H18N4O/c1-9-6-17-7-10(4-5-11(17)15-9)16-12(18)13(2,3)8-14/h6,10H,4-5,7H2,1-3H3,(H,16,18)/t10-/m0/s1. The average Bonchev–Trinajstić information content (AvgIpc) is 2.68. The second-order valence-corrected chi connectivity index (χ2v) is 5.40. The molecule has 5 nitrogen and oxygen atoms in total. The maximum atomic E-state index is 11.9. The smallest absolute Gasteiger partial charge is 0.240 e. The molecule has 1 aliphatic rings. The van der Waals surface area contributed by atoms with Crippen molar-refractivity contribution >= 4 is 5.91 Å². The number of fused-ring (bicyclic) bond motifs is 1. The fourth-order valence-corrected chi connectivity index (χ4v) is 2.12. The van der Waals surface area contributed by atoms with Gasteiger partial charge in [-0.1, -0.05) is 0 Å². The summed E-state index contributed by atoms with van der Waals surface area (Å²) >= 11 is 0. The lowest BCUT2D eigenvalue weighted by molar-refractivity contribution is -0.127. The van der Waals surface area contributed by atoms with Gasteiger partial charge in [-0.25, -0.2) is 4.98 Å². The predicted molar refractivity (Wildman–Crippen MR) is 66.6 cm³/mol. The van der Waals surface area contributed by atoms with Gasteiger partial charge in [0.05, 0.1) is 11.8 Å². The van der Waals surface area contributed by atoms with E-state index < -0.39 is 5.41 Å². The van der Waals surface area contributed by atoms with Crippen LogP contribution in [0.5, 0.6) is 0 Å². The zero-order valence-electron chi connectivity index (χ0n) is 11.0. The number of carbonyl (C=O) groups is 1. The third kappa shape index (κ3) is 2.37. The first kappa shape index (κ1) is 12.6. The van der Waals surface area contributed by atoms with Crippen LogP contribution in [0.25, 0.3) is 0 Å². The molecule has 0 saturated carbocycles. The molecule has 0 radical (unpaired) electrons. The van der Waals surface area contributed by atoms with Gasteiger partial charge in [-0.2, -0.15) is 5.26 Å². The molecule has 2 rings (SSSR count). The molecule has 1 aromatic heterocycles. The quantitative estimate of drug-likeness (QED) is 0.851. The Balaban J connectivity index is 2.02. The minimum Gasteiger partial charge on any atom is -0.350 e. The molecule has 2 heterocycles. The molecule has 1 aliphatic heterocycles. The summed E-state index contributed by atoms with van der Waals surface area (Å²) in [6.07, 6.45) is 3.75. The molecule has 0 unspecified atom stereocenters. The van der Waals surface area contributed by atoms with E-state index in [1.54, 1.807) is 13.8 Å². The Morgan fingerprint density at radius 1 is 1.67 bits per heavy atom. The number of imidazole rings is 1. The zero-order chi connectivity index (χ0) is 13.3. The minimum absolute atomic E-state index is 0.0891. The molecule has 1 aromatic rings. The first-order chi connectivity index (χ1) is 8.42. The average molecular weight is 246 g/mol. The van der Waals surface area contributed by atoms with Crippen LogP contribution in [-0.2, 0) is 17.8 Å². The Labute approximate surface area is 107 Å². The van der Waals surface area contributed by atoms with E-state index in [4.69, 9.17) is 5.26 Å². The minimum atomic E-state index is -0.967. The third-order valence-corrected chi connectivity index (χ3v) is 3.30. The van der Waals surface area contributed by atoms with Crippen LogP contribution in [0.15, 0.2) is 6.20 Å². The molecule has 0 saturated heterocycles. The highest BCUT2D eigenvalue weighted by atomic mass is 16.2. The summed E-state index contributed by atoms with van der Waals surface area (Å²) < 4.78 is 2.09. The summed E-state index contributed by atoms with van der Waals surface area (Å²) in [5.41, 5.74) is 0.0415. The van der Waals surface area contributed by atoms with E-state index in [1.807, 2.05) is 19.2 Å². The van der Waals surface area contributed by atoms with Crippen molar-refractivity contribution in [1.29, 1.82) is 5.26 Å². The SMILES string of the molecule is Cc1cn2c(n1)CC[C@H](NC(=O)C(C)(C)C#N)C2. The van der Waals surface area contributed by atoms with Gasteiger partial charge in [0.15, 0.2) is 0 Å². The van der Waals surface area contributed by atoms with Crippen LogP contribution >= 0.6 is 0 Å². The Morgan fingerprint density at radius 2 is 2.39 bits per heavy atom. The topological polar surface area (TPSA) is 70.7 Å². The van der Waals surface area contributed by atoms with Crippen molar-refractivity contribution in [2.75, 3.05) is 0 Å². The summed E-state index contributed by atoms with van der Waals surface area (Å²) in [6.45, 7) is 5.98. The fraction of sp³-hybridized carbons (Fsp3) is 0.615. The molecule has 18 heavy (non-hydrogen) atoms. The van der Waals surface area contributed by atoms with Crippen molar-refractivity contribution < 1.29 is 4.79 Å². The van der Waals surface area contributed by atoms with Crippen molar-refractivity contribution in [2.45, 2.75) is 46.2 Å². The van der Waals surface area contributed by atoms with Crippen molar-refractivity contribution in [1.82, 2.24) is 14.9 Å². The van der Waals surface area contributed by atoms with Crippen LogP contribution in [0.2, 0.25) is 0 Å². The summed E-state index contributed by atoms with van der Waals surface area (Å²) in [4.78, 5) is 16.4. The van der Waals surface area contributed by atoms with E-state index in [-0.39, 0.29) is 11.9 Å². The number of hydrogen-bond acceptors (Lipinski definition) is 3. The van der Waals surface area contributed by atoms with Gasteiger partial charge in [-0.05, 0) is 27.2 Å². The number of carbonyl (C=O) groups excluding carboxylic acids is 1. The van der Waals surface area contributed by atoms with Gasteiger partial charge < -0.3 is 9.88 Å². The molecule has 0 bridgehead atoms. The van der Waals surface area contributed by atoms with E-state index in [1.165, 1.54) is 0 Å². The first-order valence-electron chi connectivity index (χ1n) is 6.17. The van der Waals surface area contributed by atoms with E-state index in [9.17, 15) is 4.79 Å². The molecule has 1 N–H and O–H groups in total. The lowest BCUT2D eigenvalue weighted by atomic mass is 9.93. The Morgan fingerprint density at radius 3 is 3.06 bits per heavy atom. The van der Waals surface area contributed by atoms with Crippen LogP contribution in [-0.4, -0.2) is 21.5 Å². The number of rotatable bonds is 2. The molecule has 96 valence electrons.